The second-order valence-corrected chi connectivity index (χ2v) is 29.3. The first kappa shape index (κ1) is 54.0. The Hall–Kier alpha value is -5.27. The maximum Gasteiger partial charge on any atom is 2.00 e. The molecule has 0 unspecified atom stereocenters. The third kappa shape index (κ3) is 9.59. The van der Waals surface area contributed by atoms with Crippen LogP contribution in [-0.4, -0.2) is 29.9 Å². The average molecular weight is 1020 g/mol. The number of hydrogen-bond donors (Lipinski definition) is 0. The van der Waals surface area contributed by atoms with E-state index in [9.17, 15) is 0 Å². The first-order valence-corrected chi connectivity index (χ1v) is 26.2. The normalized spacial score (nSPS) is 13.9. The number of hydrogen-bond acceptors (Lipinski definition) is 6. The summed E-state index contributed by atoms with van der Waals surface area (Å²) in [7, 11) is 0. The van der Waals surface area contributed by atoms with Crippen LogP contribution in [0.5, 0.6) is 0 Å². The number of benzene rings is 4. The van der Waals surface area contributed by atoms with Gasteiger partial charge in [0.2, 0.25) is 0 Å². The zero-order valence-electron chi connectivity index (χ0n) is 48.5. The SMILES string of the molecule is CC(C)(C)c1cc2c(c(C(C)(C)C)c1)-c1nc-2nc2[n-]c(nc3nc(nc4[n-]c(n1)c1cc(C(C)(C)C)cc(C(C)(C)C)c41)-c1c-3cc(C(C)(C)C)cc1C(C)(C)C)c1c(C(C)(C)C)cc(C(C)(C)C)cc21.[Ni+2]. The molecule has 2 aliphatic rings. The monoisotopic (exact) mass is 1020 g/mol. The summed E-state index contributed by atoms with van der Waals surface area (Å²) in [5.74, 6) is 2.32. The Bertz CT molecular complexity index is 3580. The largest absolute Gasteiger partial charge is 2.00 e. The Balaban J connectivity index is 0.00000711. The fourth-order valence-corrected chi connectivity index (χ4v) is 10.3. The molecule has 0 aliphatic carbocycles. The molecule has 4 aromatic carbocycles. The molecule has 73 heavy (non-hydrogen) atoms. The molecule has 8 nitrogen and oxygen atoms in total. The summed E-state index contributed by atoms with van der Waals surface area (Å²) in [6.07, 6.45) is 0. The van der Waals surface area contributed by atoms with Crippen LogP contribution in [0.4, 0.5) is 0 Å². The van der Waals surface area contributed by atoms with E-state index in [1.165, 1.54) is 22.3 Å². The molecule has 3 aromatic heterocycles. The van der Waals surface area contributed by atoms with Gasteiger partial charge in [0.1, 0.15) is 0 Å². The van der Waals surface area contributed by atoms with Crippen molar-refractivity contribution in [1.82, 2.24) is 39.9 Å². The molecule has 0 amide bonds. The van der Waals surface area contributed by atoms with E-state index in [1.54, 1.807) is 0 Å². The van der Waals surface area contributed by atoms with Gasteiger partial charge < -0.3 is 29.9 Å². The Morgan fingerprint density at radius 1 is 0.274 bits per heavy atom. The third-order valence-corrected chi connectivity index (χ3v) is 14.8. The summed E-state index contributed by atoms with van der Waals surface area (Å²) >= 11 is 0. The van der Waals surface area contributed by atoms with Crippen molar-refractivity contribution >= 4 is 44.1 Å². The predicted molar refractivity (Wildman–Crippen MR) is 304 cm³/mol. The van der Waals surface area contributed by atoms with Crippen LogP contribution in [0, 0.1) is 0 Å². The van der Waals surface area contributed by atoms with Crippen molar-refractivity contribution in [3.8, 4) is 45.6 Å². The molecule has 0 saturated heterocycles. The zero-order valence-corrected chi connectivity index (χ0v) is 49.5. The molecule has 0 atom stereocenters. The average Bonchev–Trinajstić information content (AvgIpc) is 3.95. The van der Waals surface area contributed by atoms with E-state index in [1.807, 2.05) is 0 Å². The molecule has 0 fully saturated rings. The Morgan fingerprint density at radius 2 is 0.534 bits per heavy atom. The van der Waals surface area contributed by atoms with Gasteiger partial charge in [-0.25, -0.2) is 9.97 Å². The molecule has 2 aliphatic heterocycles. The van der Waals surface area contributed by atoms with Gasteiger partial charge in [0.05, 0.1) is 23.3 Å². The molecule has 0 saturated carbocycles. The molecule has 0 radical (unpaired) electrons. The van der Waals surface area contributed by atoms with Crippen LogP contribution < -0.4 is 9.97 Å². The third-order valence-electron chi connectivity index (χ3n) is 14.8. The van der Waals surface area contributed by atoms with Crippen molar-refractivity contribution in [1.29, 1.82) is 0 Å². The summed E-state index contributed by atoms with van der Waals surface area (Å²) < 4.78 is 0. The van der Waals surface area contributed by atoms with Gasteiger partial charge in [0, 0.05) is 44.8 Å². The van der Waals surface area contributed by atoms with Gasteiger partial charge >= 0.3 is 16.5 Å². The molecule has 5 heterocycles. The quantitative estimate of drug-likeness (QED) is 0.138. The van der Waals surface area contributed by atoms with Crippen molar-refractivity contribution in [3.63, 3.8) is 0 Å². The molecule has 7 aromatic rings. The van der Waals surface area contributed by atoms with E-state index in [2.05, 4.69) is 215 Å². The summed E-state index contributed by atoms with van der Waals surface area (Å²) in [4.78, 5) is 44.7. The van der Waals surface area contributed by atoms with E-state index in [0.29, 0.717) is 45.9 Å². The minimum atomic E-state index is -0.268. The van der Waals surface area contributed by atoms with E-state index < -0.39 is 0 Å². The van der Waals surface area contributed by atoms with Crippen LogP contribution in [0.2, 0.25) is 0 Å². The van der Waals surface area contributed by atoms with Crippen molar-refractivity contribution < 1.29 is 16.5 Å². The Labute approximate surface area is 446 Å². The molecule has 8 bridgehead atoms. The summed E-state index contributed by atoms with van der Waals surface area (Å²) in [6, 6.07) is 18.6. The van der Waals surface area contributed by atoms with Gasteiger partial charge in [-0.1, -0.05) is 190 Å². The minimum Gasteiger partial charge on any atom is -0.357 e. The number of aromatic nitrogens is 8. The van der Waals surface area contributed by atoms with Crippen LogP contribution in [0.3, 0.4) is 0 Å². The van der Waals surface area contributed by atoms with Gasteiger partial charge in [0.25, 0.3) is 0 Å². The van der Waals surface area contributed by atoms with E-state index in [4.69, 9.17) is 39.9 Å². The van der Waals surface area contributed by atoms with Gasteiger partial charge in [-0.2, -0.15) is 0 Å². The second-order valence-electron chi connectivity index (χ2n) is 29.3. The number of fused-ring (bicyclic) bond motifs is 20. The molecular weight excluding hydrogens is 939 g/mol. The van der Waals surface area contributed by atoms with E-state index in [0.717, 1.165) is 66.1 Å². The number of rotatable bonds is 0. The van der Waals surface area contributed by atoms with Crippen LogP contribution in [0.25, 0.3) is 89.7 Å². The summed E-state index contributed by atoms with van der Waals surface area (Å²) in [5.41, 5.74) is 13.9. The maximum atomic E-state index is 5.67. The van der Waals surface area contributed by atoms with Crippen molar-refractivity contribution in [2.24, 2.45) is 0 Å². The molecule has 9 rings (SSSR count). The van der Waals surface area contributed by atoms with Crippen molar-refractivity contribution in [2.45, 2.75) is 209 Å². The van der Waals surface area contributed by atoms with Gasteiger partial charge in [-0.3, -0.25) is 0 Å². The molecule has 9 heteroatoms. The fourth-order valence-electron chi connectivity index (χ4n) is 10.3. The van der Waals surface area contributed by atoms with Gasteiger partial charge in [-0.05, 0) is 134 Å². The summed E-state index contributed by atoms with van der Waals surface area (Å²) in [6.45, 7) is 54.6. The van der Waals surface area contributed by atoms with Gasteiger partial charge in [-0.15, -0.1) is 0 Å². The second kappa shape index (κ2) is 16.9. The Morgan fingerprint density at radius 3 is 0.836 bits per heavy atom. The van der Waals surface area contributed by atoms with Crippen molar-refractivity contribution in [3.05, 3.63) is 93.0 Å². The van der Waals surface area contributed by atoms with Crippen molar-refractivity contribution in [2.75, 3.05) is 0 Å². The minimum absolute atomic E-state index is 0. The molecule has 0 N–H and O–H groups in total. The van der Waals surface area contributed by atoms with Crippen LogP contribution in [0.15, 0.2) is 48.5 Å². The molecule has 386 valence electrons. The van der Waals surface area contributed by atoms with E-state index >= 15 is 0 Å². The predicted octanol–water partition coefficient (Wildman–Crippen LogP) is 16.5. The zero-order chi connectivity index (χ0) is 53.2. The first-order valence-electron chi connectivity index (χ1n) is 26.2. The first-order chi connectivity index (χ1) is 32.7. The molecular formula is C64H80N8Ni. The summed E-state index contributed by atoms with van der Waals surface area (Å²) in [5, 5.41) is 3.83. The van der Waals surface area contributed by atoms with Gasteiger partial charge in [0.15, 0.2) is 0 Å². The van der Waals surface area contributed by atoms with E-state index in [-0.39, 0.29) is 59.8 Å². The van der Waals surface area contributed by atoms with Crippen LogP contribution in [0.1, 0.15) is 211 Å². The fraction of sp³-hybridized carbons (Fsp3) is 0.500. The van der Waals surface area contributed by atoms with Crippen LogP contribution >= 0.6 is 0 Å². The standard InChI is InChI=1S/C64H80N8.Ni/c1-57(2,3)33-25-37-45(41(29-33)61(13,14)15)53-66-49(37)65-50-38-26-34(58(4,5)6)30-42(62(16,17)18)46(38)54(67-50)69-52-40-28-36(60(10,11)12)32-44(64(22,23)24)48(40)56(71-52)72-55-47-39(51(68-53)70-55)27-35(59(7,8)9)31-43(47)63(19,20)21;/h25-32H,1-24H3;/q-2;+2. The Kier molecular flexibility index (Phi) is 12.5. The maximum absolute atomic E-state index is 5.67. The topological polar surface area (TPSA) is 106 Å². The molecule has 0 spiro atoms. The smallest absolute Gasteiger partial charge is 0.357 e. The van der Waals surface area contributed by atoms with Crippen LogP contribution in [-0.2, 0) is 59.8 Å². The number of nitrogens with zero attached hydrogens (tertiary/aromatic N) is 8.